The van der Waals surface area contributed by atoms with Crippen LogP contribution >= 0.6 is 0 Å². The Bertz CT molecular complexity index is 473. The van der Waals surface area contributed by atoms with E-state index in [-0.39, 0.29) is 12.3 Å². The lowest BCUT2D eigenvalue weighted by atomic mass is 9.99. The highest BCUT2D eigenvalue weighted by atomic mass is 19.4. The van der Waals surface area contributed by atoms with Gasteiger partial charge in [0, 0.05) is 19.5 Å². The van der Waals surface area contributed by atoms with Crippen molar-refractivity contribution in [2.24, 2.45) is 5.73 Å². The molecule has 98 valence electrons. The number of carbonyl (C=O) groups excluding carboxylic acids is 1. The molecule has 0 bridgehead atoms. The molecule has 2 atom stereocenters. The first-order valence-electron chi connectivity index (χ1n) is 5.49. The third-order valence-corrected chi connectivity index (χ3v) is 3.18. The second-order valence-corrected chi connectivity index (χ2v) is 4.44. The van der Waals surface area contributed by atoms with Crippen LogP contribution < -0.4 is 5.73 Å². The monoisotopic (exact) mass is 258 g/mol. The molecule has 1 saturated heterocycles. The van der Waals surface area contributed by atoms with Gasteiger partial charge in [0.25, 0.3) is 0 Å². The SMILES string of the molecule is CN1C(=O)C[C@H](N)[C@H]1c1cccc(C(F)(F)F)c1. The zero-order valence-corrected chi connectivity index (χ0v) is 9.74. The standard InChI is InChI=1S/C12H13F3N2O/c1-17-10(18)6-9(16)11(17)7-3-2-4-8(5-7)12(13,14)15/h2-5,9,11H,6,16H2,1H3/t9-,11+/m0/s1. The number of hydrogen-bond donors (Lipinski definition) is 1. The molecular weight excluding hydrogens is 245 g/mol. The van der Waals surface area contributed by atoms with Crippen LogP contribution in [0.5, 0.6) is 0 Å². The molecule has 1 aromatic rings. The summed E-state index contributed by atoms with van der Waals surface area (Å²) in [5.74, 6) is -0.148. The summed E-state index contributed by atoms with van der Waals surface area (Å²) in [6.07, 6.45) is -4.22. The molecule has 1 aliphatic heterocycles. The predicted molar refractivity (Wildman–Crippen MR) is 59.5 cm³/mol. The lowest BCUT2D eigenvalue weighted by molar-refractivity contribution is -0.137. The summed E-state index contributed by atoms with van der Waals surface area (Å²) < 4.78 is 37.8. The highest BCUT2D eigenvalue weighted by molar-refractivity contribution is 5.80. The lowest BCUT2D eigenvalue weighted by Crippen LogP contribution is -2.30. The van der Waals surface area contributed by atoms with Crippen LogP contribution in [0, 0.1) is 0 Å². The summed E-state index contributed by atoms with van der Waals surface area (Å²) in [5.41, 5.74) is 5.51. The van der Waals surface area contributed by atoms with Crippen molar-refractivity contribution in [3.63, 3.8) is 0 Å². The minimum atomic E-state index is -4.39. The van der Waals surface area contributed by atoms with Crippen LogP contribution in [-0.4, -0.2) is 23.9 Å². The van der Waals surface area contributed by atoms with Crippen LogP contribution in [0.4, 0.5) is 13.2 Å². The highest BCUT2D eigenvalue weighted by Crippen LogP contribution is 2.35. The summed E-state index contributed by atoms with van der Waals surface area (Å²) in [6.45, 7) is 0. The molecule has 0 aromatic heterocycles. The van der Waals surface area contributed by atoms with E-state index in [0.29, 0.717) is 5.56 Å². The molecule has 6 heteroatoms. The minimum Gasteiger partial charge on any atom is -0.337 e. The van der Waals surface area contributed by atoms with Gasteiger partial charge in [-0.15, -0.1) is 0 Å². The summed E-state index contributed by atoms with van der Waals surface area (Å²) in [6, 6.07) is 4.01. The van der Waals surface area contributed by atoms with Crippen LogP contribution in [0.15, 0.2) is 24.3 Å². The van der Waals surface area contributed by atoms with Gasteiger partial charge >= 0.3 is 6.18 Å². The normalized spacial score (nSPS) is 24.7. The molecule has 1 aromatic carbocycles. The van der Waals surface area contributed by atoms with Crippen molar-refractivity contribution >= 4 is 5.91 Å². The van der Waals surface area contributed by atoms with Crippen LogP contribution in [0.2, 0.25) is 0 Å². The molecule has 0 aliphatic carbocycles. The number of benzene rings is 1. The Kier molecular flexibility index (Phi) is 3.06. The number of nitrogens with zero attached hydrogens (tertiary/aromatic N) is 1. The number of carbonyl (C=O) groups is 1. The molecule has 18 heavy (non-hydrogen) atoms. The fourth-order valence-electron chi connectivity index (χ4n) is 2.27. The molecule has 0 radical (unpaired) electrons. The Balaban J connectivity index is 2.37. The van der Waals surface area contributed by atoms with E-state index in [4.69, 9.17) is 5.73 Å². The van der Waals surface area contributed by atoms with Crippen LogP contribution in [0.3, 0.4) is 0 Å². The number of halogens is 3. The van der Waals surface area contributed by atoms with E-state index in [2.05, 4.69) is 0 Å². The zero-order chi connectivity index (χ0) is 13.5. The van der Waals surface area contributed by atoms with E-state index in [9.17, 15) is 18.0 Å². The van der Waals surface area contributed by atoms with E-state index in [1.807, 2.05) is 0 Å². The largest absolute Gasteiger partial charge is 0.416 e. The highest BCUT2D eigenvalue weighted by Gasteiger charge is 2.37. The quantitative estimate of drug-likeness (QED) is 0.836. The number of nitrogens with two attached hydrogens (primary N) is 1. The van der Waals surface area contributed by atoms with Gasteiger partial charge in [0.15, 0.2) is 0 Å². The van der Waals surface area contributed by atoms with Crippen LogP contribution in [0.1, 0.15) is 23.6 Å². The second kappa shape index (κ2) is 4.28. The predicted octanol–water partition coefficient (Wildman–Crippen LogP) is 1.94. The molecule has 1 aliphatic rings. The molecule has 0 unspecified atom stereocenters. The number of likely N-dealkylation sites (tertiary alicyclic amines) is 1. The topological polar surface area (TPSA) is 46.3 Å². The fraction of sp³-hybridized carbons (Fsp3) is 0.417. The molecule has 2 rings (SSSR count). The number of rotatable bonds is 1. The summed E-state index contributed by atoms with van der Waals surface area (Å²) in [7, 11) is 1.56. The van der Waals surface area contributed by atoms with E-state index in [1.165, 1.54) is 11.0 Å². The summed E-state index contributed by atoms with van der Waals surface area (Å²) in [5, 5.41) is 0. The van der Waals surface area contributed by atoms with E-state index >= 15 is 0 Å². The Morgan fingerprint density at radius 1 is 1.39 bits per heavy atom. The smallest absolute Gasteiger partial charge is 0.337 e. The molecule has 1 fully saturated rings. The molecule has 1 amide bonds. The molecular formula is C12H13F3N2O. The van der Waals surface area contributed by atoms with Crippen LogP contribution in [-0.2, 0) is 11.0 Å². The lowest BCUT2D eigenvalue weighted by Gasteiger charge is -2.24. The number of alkyl halides is 3. The zero-order valence-electron chi connectivity index (χ0n) is 9.74. The van der Waals surface area contributed by atoms with E-state index < -0.39 is 23.8 Å². The van der Waals surface area contributed by atoms with Gasteiger partial charge in [-0.05, 0) is 17.7 Å². The maximum absolute atomic E-state index is 12.6. The first-order chi connectivity index (χ1) is 8.30. The fourth-order valence-corrected chi connectivity index (χ4v) is 2.27. The van der Waals surface area contributed by atoms with Gasteiger partial charge in [0.2, 0.25) is 5.91 Å². The van der Waals surface area contributed by atoms with Crippen molar-refractivity contribution in [1.29, 1.82) is 0 Å². The Morgan fingerprint density at radius 3 is 2.56 bits per heavy atom. The molecule has 0 spiro atoms. The Labute approximate surface area is 102 Å². The summed E-state index contributed by atoms with van der Waals surface area (Å²) in [4.78, 5) is 12.9. The van der Waals surface area contributed by atoms with Crippen molar-refractivity contribution in [2.45, 2.75) is 24.7 Å². The van der Waals surface area contributed by atoms with Crippen molar-refractivity contribution in [1.82, 2.24) is 4.90 Å². The molecule has 2 N–H and O–H groups in total. The second-order valence-electron chi connectivity index (χ2n) is 4.44. The molecule has 0 saturated carbocycles. The maximum atomic E-state index is 12.6. The van der Waals surface area contributed by atoms with Crippen molar-refractivity contribution in [3.8, 4) is 0 Å². The van der Waals surface area contributed by atoms with Gasteiger partial charge < -0.3 is 10.6 Å². The van der Waals surface area contributed by atoms with Gasteiger partial charge in [-0.3, -0.25) is 4.79 Å². The van der Waals surface area contributed by atoms with Gasteiger partial charge in [-0.2, -0.15) is 13.2 Å². The van der Waals surface area contributed by atoms with E-state index in [0.717, 1.165) is 12.1 Å². The van der Waals surface area contributed by atoms with E-state index in [1.54, 1.807) is 13.1 Å². The molecule has 3 nitrogen and oxygen atoms in total. The number of likely N-dealkylation sites (N-methyl/N-ethyl adjacent to an activating group) is 1. The van der Waals surface area contributed by atoms with Gasteiger partial charge in [0.1, 0.15) is 0 Å². The maximum Gasteiger partial charge on any atom is 0.416 e. The Hall–Kier alpha value is -1.56. The van der Waals surface area contributed by atoms with Crippen molar-refractivity contribution in [3.05, 3.63) is 35.4 Å². The summed E-state index contributed by atoms with van der Waals surface area (Å²) >= 11 is 0. The third kappa shape index (κ3) is 2.20. The van der Waals surface area contributed by atoms with Gasteiger partial charge in [-0.25, -0.2) is 0 Å². The Morgan fingerprint density at radius 2 is 2.06 bits per heavy atom. The average Bonchev–Trinajstić information content (AvgIpc) is 2.52. The van der Waals surface area contributed by atoms with Gasteiger partial charge in [-0.1, -0.05) is 12.1 Å². The van der Waals surface area contributed by atoms with Crippen molar-refractivity contribution < 1.29 is 18.0 Å². The van der Waals surface area contributed by atoms with Gasteiger partial charge in [0.05, 0.1) is 11.6 Å². The van der Waals surface area contributed by atoms with Crippen LogP contribution in [0.25, 0.3) is 0 Å². The number of amides is 1. The molecule has 1 heterocycles. The number of hydrogen-bond acceptors (Lipinski definition) is 2. The minimum absolute atomic E-state index is 0.148. The third-order valence-electron chi connectivity index (χ3n) is 3.18. The first-order valence-corrected chi connectivity index (χ1v) is 5.49. The average molecular weight is 258 g/mol. The first kappa shape index (κ1) is 12.9. The van der Waals surface area contributed by atoms with Crippen molar-refractivity contribution in [2.75, 3.05) is 7.05 Å².